The van der Waals surface area contributed by atoms with Crippen molar-refractivity contribution in [3.05, 3.63) is 143 Å². The Morgan fingerprint density at radius 3 is 2.37 bits per heavy atom. The van der Waals surface area contributed by atoms with E-state index in [1.54, 1.807) is 6.08 Å². The molecule has 0 bridgehead atoms. The highest BCUT2D eigenvalue weighted by Crippen LogP contribution is 2.48. The normalized spacial score (nSPS) is 18.4. The van der Waals surface area contributed by atoms with Gasteiger partial charge in [-0.05, 0) is 71.4 Å². The van der Waals surface area contributed by atoms with Crippen LogP contribution in [0.1, 0.15) is 28.7 Å². The highest BCUT2D eigenvalue weighted by Gasteiger charge is 2.60. The van der Waals surface area contributed by atoms with Gasteiger partial charge in [-0.15, -0.1) is 5.10 Å². The number of tetrazole rings is 1. The lowest BCUT2D eigenvalue weighted by Crippen LogP contribution is -2.53. The van der Waals surface area contributed by atoms with E-state index in [4.69, 9.17) is 4.74 Å². The molecule has 2 atom stereocenters. The Bertz CT molecular complexity index is 1940. The number of hydrogen-bond acceptors (Lipinski definition) is 7. The summed E-state index contributed by atoms with van der Waals surface area (Å²) in [6.07, 6.45) is 5.32. The molecule has 2 aliphatic rings. The summed E-state index contributed by atoms with van der Waals surface area (Å²) in [7, 11) is 2.15. The molecule has 8 nitrogen and oxygen atoms in total. The van der Waals surface area contributed by atoms with E-state index in [1.165, 1.54) is 17.7 Å². The molecule has 6 rings (SSSR count). The van der Waals surface area contributed by atoms with Crippen molar-refractivity contribution < 1.29 is 27.4 Å². The topological polar surface area (TPSA) is 79.5 Å². The summed E-state index contributed by atoms with van der Waals surface area (Å²) in [5, 5.41) is 22.0. The van der Waals surface area contributed by atoms with E-state index in [2.05, 4.69) is 75.1 Å². The molecule has 1 aliphatic carbocycles. The molecule has 1 aromatic heterocycles. The number of rotatable bonds is 10. The fourth-order valence-electron chi connectivity index (χ4n) is 6.13. The zero-order valence-corrected chi connectivity index (χ0v) is 28.2. The summed E-state index contributed by atoms with van der Waals surface area (Å²) in [6, 6.07) is 17.8. The first kappa shape index (κ1) is 35.7. The van der Waals surface area contributed by atoms with Crippen molar-refractivity contribution in [3.8, 4) is 17.6 Å². The van der Waals surface area contributed by atoms with Crippen LogP contribution in [0, 0.1) is 29.4 Å². The van der Waals surface area contributed by atoms with Crippen molar-refractivity contribution in [1.29, 1.82) is 0 Å². The average Bonchev–Trinajstić information content (AvgIpc) is 3.55. The van der Waals surface area contributed by atoms with E-state index in [0.29, 0.717) is 29.6 Å². The minimum Gasteiger partial charge on any atom is -0.489 e. The van der Waals surface area contributed by atoms with Crippen LogP contribution in [0.2, 0.25) is 0 Å². The number of piperazine rings is 1. The molecule has 2 unspecified atom stereocenters. The van der Waals surface area contributed by atoms with Gasteiger partial charge < -0.3 is 14.7 Å². The van der Waals surface area contributed by atoms with Gasteiger partial charge in [-0.2, -0.15) is 0 Å². The number of alkyl halides is 2. The van der Waals surface area contributed by atoms with Crippen molar-refractivity contribution in [2.75, 3.05) is 33.2 Å². The first-order valence-corrected chi connectivity index (χ1v) is 16.6. The number of hydrogen-bond donors (Lipinski definition) is 1. The maximum atomic E-state index is 16.5. The Labute approximate surface area is 294 Å². The van der Waals surface area contributed by atoms with Crippen molar-refractivity contribution in [3.63, 3.8) is 0 Å². The van der Waals surface area contributed by atoms with Crippen LogP contribution in [0.25, 0.3) is 0 Å². The van der Waals surface area contributed by atoms with E-state index >= 15 is 8.78 Å². The minimum atomic E-state index is -4.04. The molecule has 3 aromatic carbocycles. The number of halogens is 4. The summed E-state index contributed by atoms with van der Waals surface area (Å²) >= 11 is 0. The van der Waals surface area contributed by atoms with Crippen LogP contribution in [0.4, 0.5) is 17.6 Å². The third-order valence-electron chi connectivity index (χ3n) is 9.23. The SMILES string of the molecule is C=C1CC=C(C#Cc2ccc(OCc3ccc(CN4CCN(C)CC4)cc3)cc2)C=CC1C(F)(F)C(O)(Cn1cnnn1)c1ccc(F)cc1F. The predicted molar refractivity (Wildman–Crippen MR) is 184 cm³/mol. The number of benzene rings is 3. The molecule has 0 spiro atoms. The zero-order valence-electron chi connectivity index (χ0n) is 28.2. The summed E-state index contributed by atoms with van der Waals surface area (Å²) < 4.78 is 68.4. The number of ether oxygens (including phenoxy) is 1. The lowest BCUT2D eigenvalue weighted by molar-refractivity contribution is -0.212. The molecule has 264 valence electrons. The van der Waals surface area contributed by atoms with Crippen molar-refractivity contribution >= 4 is 0 Å². The van der Waals surface area contributed by atoms with Crippen LogP contribution in [0.3, 0.4) is 0 Å². The van der Waals surface area contributed by atoms with E-state index in [0.717, 1.165) is 61.4 Å². The quantitative estimate of drug-likeness (QED) is 0.125. The molecule has 1 N–H and O–H groups in total. The molecular weight excluding hydrogens is 660 g/mol. The van der Waals surface area contributed by atoms with Crippen LogP contribution < -0.4 is 4.74 Å². The maximum absolute atomic E-state index is 16.5. The van der Waals surface area contributed by atoms with Gasteiger partial charge in [-0.25, -0.2) is 22.2 Å². The van der Waals surface area contributed by atoms with E-state index < -0.39 is 41.2 Å². The standard InChI is InChI=1S/C39H38F4N6O2/c1-28-3-4-29(13-17-35(28)39(42,43)38(50,26-49-27-44-45-46-49)36-18-14-33(40)23-37(36)41)5-6-30-11-15-34(16-12-30)51-25-32-9-7-31(8-10-32)24-48-21-19-47(2)20-22-48/h4,7-18,23,27,35,50H,1,3,19-22,24-26H2,2H3. The first-order chi connectivity index (χ1) is 24.5. The molecule has 4 aromatic rings. The van der Waals surface area contributed by atoms with E-state index in [1.807, 2.05) is 24.3 Å². The summed E-state index contributed by atoms with van der Waals surface area (Å²) in [5.41, 5.74) is -0.412. The first-order valence-electron chi connectivity index (χ1n) is 16.6. The maximum Gasteiger partial charge on any atom is 0.292 e. The zero-order chi connectivity index (χ0) is 36.0. The third-order valence-corrected chi connectivity index (χ3v) is 9.23. The van der Waals surface area contributed by atoms with Gasteiger partial charge in [0.1, 0.15) is 30.3 Å². The van der Waals surface area contributed by atoms with Gasteiger partial charge in [-0.1, -0.05) is 66.5 Å². The van der Waals surface area contributed by atoms with Crippen LogP contribution in [-0.4, -0.2) is 74.3 Å². The molecule has 51 heavy (non-hydrogen) atoms. The largest absolute Gasteiger partial charge is 0.489 e. The Kier molecular flexibility index (Phi) is 10.8. The molecule has 2 heterocycles. The highest BCUT2D eigenvalue weighted by atomic mass is 19.3. The molecule has 1 fully saturated rings. The fraction of sp³-hybridized carbons (Fsp3) is 0.308. The van der Waals surface area contributed by atoms with Crippen molar-refractivity contribution in [2.45, 2.75) is 37.6 Å². The monoisotopic (exact) mass is 698 g/mol. The molecule has 1 aliphatic heterocycles. The number of allylic oxidation sites excluding steroid dienone is 5. The van der Waals surface area contributed by atoms with Crippen LogP contribution in [-0.2, 0) is 25.3 Å². The van der Waals surface area contributed by atoms with E-state index in [-0.39, 0.29) is 12.0 Å². The summed E-state index contributed by atoms with van der Waals surface area (Å²) in [5.74, 6) is -1.35. The average molecular weight is 699 g/mol. The number of nitrogens with zero attached hydrogens (tertiary/aromatic N) is 6. The lowest BCUT2D eigenvalue weighted by atomic mass is 9.77. The number of aliphatic hydroxyl groups is 1. The van der Waals surface area contributed by atoms with Crippen LogP contribution in [0.5, 0.6) is 5.75 Å². The molecule has 0 radical (unpaired) electrons. The van der Waals surface area contributed by atoms with Gasteiger partial charge in [0.05, 0.1) is 12.5 Å². The number of aromatic nitrogens is 4. The van der Waals surface area contributed by atoms with Crippen LogP contribution >= 0.6 is 0 Å². The Hall–Kier alpha value is -5.09. The third kappa shape index (κ3) is 8.45. The number of likely N-dealkylation sites (N-methyl/N-ethyl adjacent to an activating group) is 1. The van der Waals surface area contributed by atoms with Crippen molar-refractivity contribution in [2.24, 2.45) is 5.92 Å². The van der Waals surface area contributed by atoms with Gasteiger partial charge in [0.25, 0.3) is 5.92 Å². The smallest absolute Gasteiger partial charge is 0.292 e. The molecule has 12 heteroatoms. The van der Waals surface area contributed by atoms with Gasteiger partial charge in [0, 0.05) is 55.5 Å². The van der Waals surface area contributed by atoms with Gasteiger partial charge in [0.2, 0.25) is 0 Å². The van der Waals surface area contributed by atoms with Gasteiger partial charge >= 0.3 is 0 Å². The molecule has 1 saturated heterocycles. The Morgan fingerprint density at radius 1 is 0.961 bits per heavy atom. The predicted octanol–water partition coefficient (Wildman–Crippen LogP) is 5.91. The molecular formula is C39H38F4N6O2. The summed E-state index contributed by atoms with van der Waals surface area (Å²) in [6.45, 7) is 8.62. The Morgan fingerprint density at radius 2 is 1.69 bits per heavy atom. The lowest BCUT2D eigenvalue weighted by Gasteiger charge is -2.40. The summed E-state index contributed by atoms with van der Waals surface area (Å²) in [4.78, 5) is 4.81. The van der Waals surface area contributed by atoms with Gasteiger partial charge in [0.15, 0.2) is 5.60 Å². The fourth-order valence-corrected chi connectivity index (χ4v) is 6.13. The second-order valence-corrected chi connectivity index (χ2v) is 12.9. The second-order valence-electron chi connectivity index (χ2n) is 12.9. The van der Waals surface area contributed by atoms with Gasteiger partial charge in [-0.3, -0.25) is 4.90 Å². The molecule has 0 amide bonds. The second kappa shape index (κ2) is 15.4. The highest BCUT2D eigenvalue weighted by molar-refractivity contribution is 5.48. The minimum absolute atomic E-state index is 0.0216. The van der Waals surface area contributed by atoms with Crippen molar-refractivity contribution in [1.82, 2.24) is 30.0 Å². The Balaban J connectivity index is 1.09. The molecule has 0 saturated carbocycles. The van der Waals surface area contributed by atoms with Crippen LogP contribution in [0.15, 0.2) is 109 Å². The van der Waals surface area contributed by atoms with E-state index in [9.17, 15) is 13.9 Å².